The number of halogens is 3. The molecule has 1 nitrogen and oxygen atoms in total. The molecule has 100 valence electrons. The maximum absolute atomic E-state index is 6.01. The van der Waals surface area contributed by atoms with Gasteiger partial charge in [0.1, 0.15) is 0 Å². The quantitative estimate of drug-likeness (QED) is 0.718. The second-order valence-electron chi connectivity index (χ2n) is 4.15. The smallest absolute Gasteiger partial charge is 0.0603 e. The van der Waals surface area contributed by atoms with Crippen molar-refractivity contribution >= 4 is 50.9 Å². The second kappa shape index (κ2) is 6.51. The lowest BCUT2D eigenvalue weighted by atomic mass is 10.1. The third-order valence-electron chi connectivity index (χ3n) is 2.59. The largest absolute Gasteiger partial charge is 0.324 e. The van der Waals surface area contributed by atoms with Gasteiger partial charge in [0.2, 0.25) is 0 Å². The standard InChI is InChI=1S/C14H12BrCl2NS/c1-8(18)11-4-2-9(6-12(11)15)19-10-3-5-13(16)14(17)7-10/h2-8H,18H2,1H3/t8-/m0/s1. The van der Waals surface area contributed by atoms with E-state index in [1.165, 1.54) is 0 Å². The number of hydrogen-bond donors (Lipinski definition) is 1. The maximum atomic E-state index is 6.01. The van der Waals surface area contributed by atoms with Crippen molar-refractivity contribution in [2.45, 2.75) is 22.8 Å². The molecule has 1 atom stereocenters. The van der Waals surface area contributed by atoms with Gasteiger partial charge in [0.05, 0.1) is 10.0 Å². The fourth-order valence-electron chi connectivity index (χ4n) is 1.62. The molecule has 0 spiro atoms. The minimum Gasteiger partial charge on any atom is -0.324 e. The summed E-state index contributed by atoms with van der Waals surface area (Å²) < 4.78 is 1.02. The molecule has 0 fully saturated rings. The summed E-state index contributed by atoms with van der Waals surface area (Å²) in [4.78, 5) is 2.17. The fraction of sp³-hybridized carbons (Fsp3) is 0.143. The van der Waals surface area contributed by atoms with Crippen LogP contribution in [0.4, 0.5) is 0 Å². The van der Waals surface area contributed by atoms with Crippen molar-refractivity contribution in [1.29, 1.82) is 0 Å². The van der Waals surface area contributed by atoms with Crippen molar-refractivity contribution in [1.82, 2.24) is 0 Å². The first-order valence-corrected chi connectivity index (χ1v) is 8.02. The summed E-state index contributed by atoms with van der Waals surface area (Å²) in [5, 5.41) is 1.14. The minimum absolute atomic E-state index is 0.0124. The predicted octanol–water partition coefficient (Wildman–Crippen LogP) is 5.93. The monoisotopic (exact) mass is 375 g/mol. The van der Waals surface area contributed by atoms with Crippen molar-refractivity contribution in [3.05, 3.63) is 56.5 Å². The predicted molar refractivity (Wildman–Crippen MR) is 87.3 cm³/mol. The Kier molecular flexibility index (Phi) is 5.21. The van der Waals surface area contributed by atoms with E-state index in [9.17, 15) is 0 Å². The highest BCUT2D eigenvalue weighted by atomic mass is 79.9. The van der Waals surface area contributed by atoms with Gasteiger partial charge in [-0.05, 0) is 42.8 Å². The summed E-state index contributed by atoms with van der Waals surface area (Å²) in [7, 11) is 0. The van der Waals surface area contributed by atoms with E-state index < -0.39 is 0 Å². The van der Waals surface area contributed by atoms with E-state index in [4.69, 9.17) is 28.9 Å². The number of rotatable bonds is 3. The highest BCUT2D eigenvalue weighted by molar-refractivity contribution is 9.10. The van der Waals surface area contributed by atoms with Crippen LogP contribution in [-0.2, 0) is 0 Å². The van der Waals surface area contributed by atoms with Crippen molar-refractivity contribution in [3.8, 4) is 0 Å². The summed E-state index contributed by atoms with van der Waals surface area (Å²) >= 11 is 17.1. The second-order valence-corrected chi connectivity index (χ2v) is 6.97. The molecule has 0 aromatic heterocycles. The number of hydrogen-bond acceptors (Lipinski definition) is 2. The van der Waals surface area contributed by atoms with Crippen molar-refractivity contribution < 1.29 is 0 Å². The third kappa shape index (κ3) is 3.89. The first-order valence-electron chi connectivity index (χ1n) is 5.65. The van der Waals surface area contributed by atoms with Crippen molar-refractivity contribution in [3.63, 3.8) is 0 Å². The Morgan fingerprint density at radius 1 is 1.05 bits per heavy atom. The average Bonchev–Trinajstić information content (AvgIpc) is 2.33. The zero-order valence-electron chi connectivity index (χ0n) is 10.2. The Bertz CT molecular complexity index is 602. The van der Waals surface area contributed by atoms with Crippen LogP contribution in [0.15, 0.2) is 50.7 Å². The van der Waals surface area contributed by atoms with Crippen LogP contribution < -0.4 is 5.73 Å². The van der Waals surface area contributed by atoms with Gasteiger partial charge < -0.3 is 5.73 Å². The SMILES string of the molecule is C[C@H](N)c1ccc(Sc2ccc(Cl)c(Cl)c2)cc1Br. The molecule has 0 aliphatic rings. The van der Waals surface area contributed by atoms with Crippen LogP contribution in [0.25, 0.3) is 0 Å². The Balaban J connectivity index is 2.24. The molecular weight excluding hydrogens is 365 g/mol. The van der Waals surface area contributed by atoms with Gasteiger partial charge in [-0.2, -0.15) is 0 Å². The van der Waals surface area contributed by atoms with Crippen LogP contribution in [0.1, 0.15) is 18.5 Å². The third-order valence-corrected chi connectivity index (χ3v) is 4.99. The first kappa shape index (κ1) is 15.2. The van der Waals surface area contributed by atoms with Gasteiger partial charge >= 0.3 is 0 Å². The molecule has 19 heavy (non-hydrogen) atoms. The molecule has 0 heterocycles. The molecule has 0 aliphatic carbocycles. The molecular formula is C14H12BrCl2NS. The zero-order valence-corrected chi connectivity index (χ0v) is 14.1. The summed E-state index contributed by atoms with van der Waals surface area (Å²) in [5.41, 5.74) is 6.98. The van der Waals surface area contributed by atoms with Crippen LogP contribution in [0, 0.1) is 0 Å². The van der Waals surface area contributed by atoms with Crippen molar-refractivity contribution in [2.24, 2.45) is 5.73 Å². The normalized spacial score (nSPS) is 12.5. The van der Waals surface area contributed by atoms with Crippen LogP contribution in [0.3, 0.4) is 0 Å². The Labute approximate surface area is 135 Å². The first-order chi connectivity index (χ1) is 8.97. The molecule has 0 radical (unpaired) electrons. The van der Waals surface area contributed by atoms with Gasteiger partial charge in [-0.1, -0.05) is 57.0 Å². The molecule has 0 bridgehead atoms. The molecule has 0 amide bonds. The molecule has 2 N–H and O–H groups in total. The van der Waals surface area contributed by atoms with Crippen LogP contribution in [-0.4, -0.2) is 0 Å². The van der Waals surface area contributed by atoms with E-state index in [2.05, 4.69) is 28.1 Å². The molecule has 0 saturated carbocycles. The highest BCUT2D eigenvalue weighted by Crippen LogP contribution is 2.35. The average molecular weight is 377 g/mol. The maximum Gasteiger partial charge on any atom is 0.0603 e. The fourth-order valence-corrected chi connectivity index (χ4v) is 3.77. The Morgan fingerprint density at radius 2 is 1.68 bits per heavy atom. The molecule has 0 saturated heterocycles. The molecule has 2 rings (SSSR count). The number of benzene rings is 2. The highest BCUT2D eigenvalue weighted by Gasteiger charge is 2.07. The van der Waals surface area contributed by atoms with E-state index in [1.54, 1.807) is 17.8 Å². The summed E-state index contributed by atoms with van der Waals surface area (Å²) in [6.07, 6.45) is 0. The van der Waals surface area contributed by atoms with Gasteiger partial charge in [-0.15, -0.1) is 0 Å². The van der Waals surface area contributed by atoms with Gasteiger partial charge in [-0.3, -0.25) is 0 Å². The topological polar surface area (TPSA) is 26.0 Å². The summed E-state index contributed by atoms with van der Waals surface area (Å²) in [6, 6.07) is 11.8. The van der Waals surface area contributed by atoms with E-state index in [-0.39, 0.29) is 6.04 Å². The zero-order chi connectivity index (χ0) is 14.0. The molecule has 0 unspecified atom stereocenters. The summed E-state index contributed by atoms with van der Waals surface area (Å²) in [5.74, 6) is 0. The van der Waals surface area contributed by atoms with Crippen molar-refractivity contribution in [2.75, 3.05) is 0 Å². The number of nitrogens with two attached hydrogens (primary N) is 1. The lowest BCUT2D eigenvalue weighted by Crippen LogP contribution is -2.05. The van der Waals surface area contributed by atoms with Gasteiger partial charge in [0.25, 0.3) is 0 Å². The lowest BCUT2D eigenvalue weighted by Gasteiger charge is -2.10. The van der Waals surface area contributed by atoms with Crippen LogP contribution >= 0.6 is 50.9 Å². The Morgan fingerprint density at radius 3 is 2.26 bits per heavy atom. The van der Waals surface area contributed by atoms with E-state index in [0.717, 1.165) is 19.8 Å². The van der Waals surface area contributed by atoms with Crippen LogP contribution in [0.2, 0.25) is 10.0 Å². The minimum atomic E-state index is 0.0124. The van der Waals surface area contributed by atoms with Gasteiger partial charge in [0.15, 0.2) is 0 Å². The van der Waals surface area contributed by atoms with Crippen LogP contribution in [0.5, 0.6) is 0 Å². The Hall–Kier alpha value is -0.190. The molecule has 0 aliphatic heterocycles. The lowest BCUT2D eigenvalue weighted by molar-refractivity contribution is 0.811. The van der Waals surface area contributed by atoms with Gasteiger partial charge in [0, 0.05) is 20.3 Å². The van der Waals surface area contributed by atoms with Gasteiger partial charge in [-0.25, -0.2) is 0 Å². The molecule has 5 heteroatoms. The molecule has 2 aromatic rings. The van der Waals surface area contributed by atoms with E-state index >= 15 is 0 Å². The van der Waals surface area contributed by atoms with E-state index in [1.807, 2.05) is 25.1 Å². The summed E-state index contributed by atoms with van der Waals surface area (Å²) in [6.45, 7) is 1.96. The molecule has 2 aromatic carbocycles. The van der Waals surface area contributed by atoms with E-state index in [0.29, 0.717) is 10.0 Å².